The van der Waals surface area contributed by atoms with Gasteiger partial charge in [0.1, 0.15) is 22.3 Å². The average Bonchev–Trinajstić information content (AvgIpc) is 3.25. The van der Waals surface area contributed by atoms with Gasteiger partial charge in [0, 0.05) is 40.9 Å². The quantitative estimate of drug-likeness (QED) is 0.326. The summed E-state index contributed by atoms with van der Waals surface area (Å²) >= 11 is 1.12. The van der Waals surface area contributed by atoms with Gasteiger partial charge in [-0.15, -0.1) is 11.8 Å². The van der Waals surface area contributed by atoms with Crippen molar-refractivity contribution in [1.82, 2.24) is 15.3 Å². The number of phenols is 1. The summed E-state index contributed by atoms with van der Waals surface area (Å²) in [6.45, 7) is 6.16. The van der Waals surface area contributed by atoms with E-state index in [4.69, 9.17) is 14.2 Å². The standard InChI is InChI=1S/C27H34N3O7S/c1-13(2)29-15-5-8-20(35-12-15)37-23-25(33)27(38-4,14(3)36-26(23)34)24(32)22-21-17(9-10-28-22)18-11-16(31)6-7-19(18)30-21/h6-7,9-11,13-15,20,23,25-26,29-31,33H,5,8,12H2,1-4H3/q-1. The van der Waals surface area contributed by atoms with Crippen molar-refractivity contribution < 1.29 is 34.3 Å². The zero-order valence-electron chi connectivity index (χ0n) is 21.8. The minimum Gasteiger partial charge on any atom is -0.829 e. The van der Waals surface area contributed by atoms with Crippen molar-refractivity contribution in [1.29, 1.82) is 0 Å². The van der Waals surface area contributed by atoms with Crippen molar-refractivity contribution in [2.45, 2.75) is 81.3 Å². The van der Waals surface area contributed by atoms with Gasteiger partial charge in [0.2, 0.25) is 5.78 Å². The second kappa shape index (κ2) is 10.7. The third-order valence-corrected chi connectivity index (χ3v) is 8.92. The number of ketones is 1. The Labute approximate surface area is 225 Å². The van der Waals surface area contributed by atoms with Gasteiger partial charge < -0.3 is 39.8 Å². The first kappa shape index (κ1) is 27.3. The molecule has 0 aliphatic carbocycles. The topological polar surface area (TPSA) is 149 Å². The first-order valence-electron chi connectivity index (χ1n) is 12.9. The van der Waals surface area contributed by atoms with E-state index in [1.165, 1.54) is 6.20 Å². The molecule has 10 nitrogen and oxygen atoms in total. The van der Waals surface area contributed by atoms with E-state index in [1.54, 1.807) is 37.4 Å². The molecule has 1 aromatic carbocycles. The van der Waals surface area contributed by atoms with Crippen LogP contribution >= 0.6 is 11.8 Å². The molecule has 2 aliphatic rings. The second-order valence-corrected chi connectivity index (χ2v) is 11.4. The Kier molecular flexibility index (Phi) is 7.71. The van der Waals surface area contributed by atoms with Gasteiger partial charge >= 0.3 is 0 Å². The number of Topliss-reactive ketones (excluding diaryl/α,β-unsaturated/α-hetero) is 1. The summed E-state index contributed by atoms with van der Waals surface area (Å²) in [5, 5.41) is 39.4. The molecule has 0 spiro atoms. The number of H-pyrrole nitrogens is 1. The first-order chi connectivity index (χ1) is 18.1. The van der Waals surface area contributed by atoms with E-state index in [9.17, 15) is 20.1 Å². The highest BCUT2D eigenvalue weighted by Gasteiger charge is 2.58. The van der Waals surface area contributed by atoms with Gasteiger partial charge in [0.25, 0.3) is 0 Å². The molecule has 4 N–H and O–H groups in total. The largest absolute Gasteiger partial charge is 0.829 e. The summed E-state index contributed by atoms with van der Waals surface area (Å²) in [5.74, 6) is -0.372. The van der Waals surface area contributed by atoms with E-state index in [0.717, 1.165) is 29.1 Å². The van der Waals surface area contributed by atoms with Crippen molar-refractivity contribution in [3.63, 3.8) is 0 Å². The Morgan fingerprint density at radius 1 is 1.32 bits per heavy atom. The van der Waals surface area contributed by atoms with Crippen molar-refractivity contribution in [2.24, 2.45) is 0 Å². The van der Waals surface area contributed by atoms with Gasteiger partial charge in [0.15, 0.2) is 6.29 Å². The summed E-state index contributed by atoms with van der Waals surface area (Å²) < 4.78 is 16.0. The molecule has 206 valence electrons. The number of carbonyl (C=O) groups is 1. The molecule has 0 bridgehead atoms. The Morgan fingerprint density at radius 2 is 2.11 bits per heavy atom. The third kappa shape index (κ3) is 4.70. The third-order valence-electron chi connectivity index (χ3n) is 7.48. The van der Waals surface area contributed by atoms with Crippen molar-refractivity contribution in [3.05, 3.63) is 36.2 Å². The molecule has 7 atom stereocenters. The van der Waals surface area contributed by atoms with Crippen molar-refractivity contribution in [3.8, 4) is 5.75 Å². The minimum absolute atomic E-state index is 0.103. The number of pyridine rings is 1. The normalized spacial score (nSPS) is 32.3. The molecule has 2 fully saturated rings. The lowest BCUT2D eigenvalue weighted by atomic mass is 9.83. The van der Waals surface area contributed by atoms with Crippen molar-refractivity contribution in [2.75, 3.05) is 12.9 Å². The second-order valence-electron chi connectivity index (χ2n) is 10.3. The SMILES string of the molecule is CSC1(C(=O)c2nccc3c2[nH]c2ccc(O)cc23)C(C)OC([O-])C(OC2CCC(NC(C)C)CO2)C1O. The maximum absolute atomic E-state index is 14.2. The highest BCUT2D eigenvalue weighted by Crippen LogP contribution is 2.43. The fourth-order valence-corrected chi connectivity index (χ4v) is 6.68. The number of aliphatic hydroxyl groups is 1. The molecular formula is C27H34N3O7S-. The number of phenolic OH excluding ortho intramolecular Hbond substituents is 1. The van der Waals surface area contributed by atoms with Crippen LogP contribution in [0.4, 0.5) is 0 Å². The molecule has 3 aromatic rings. The number of aromatic nitrogens is 2. The van der Waals surface area contributed by atoms with Crippen LogP contribution in [0.1, 0.15) is 44.1 Å². The Bertz CT molecular complexity index is 1310. The molecule has 0 amide bonds. The molecule has 11 heteroatoms. The van der Waals surface area contributed by atoms with Crippen LogP contribution in [-0.4, -0.2) is 86.5 Å². The van der Waals surface area contributed by atoms with Gasteiger partial charge in [-0.3, -0.25) is 9.78 Å². The number of aromatic hydroxyl groups is 1. The molecule has 2 aromatic heterocycles. The van der Waals surface area contributed by atoms with E-state index in [1.807, 2.05) is 0 Å². The molecule has 7 unspecified atom stereocenters. The number of rotatable bonds is 7. The minimum atomic E-state index is -1.69. The molecule has 38 heavy (non-hydrogen) atoms. The number of nitrogens with zero attached hydrogens (tertiary/aromatic N) is 1. The lowest BCUT2D eigenvalue weighted by molar-refractivity contribution is -0.533. The molecule has 2 aliphatic heterocycles. The summed E-state index contributed by atoms with van der Waals surface area (Å²) in [7, 11) is 0. The van der Waals surface area contributed by atoms with Crippen LogP contribution in [-0.2, 0) is 14.2 Å². The molecule has 5 rings (SSSR count). The molecule has 4 heterocycles. The highest BCUT2D eigenvalue weighted by atomic mass is 32.2. The predicted molar refractivity (Wildman–Crippen MR) is 142 cm³/mol. The number of benzene rings is 1. The number of thioether (sulfide) groups is 1. The first-order valence-corrected chi connectivity index (χ1v) is 14.1. The smallest absolute Gasteiger partial charge is 0.204 e. The highest BCUT2D eigenvalue weighted by molar-refractivity contribution is 8.00. The van der Waals surface area contributed by atoms with Gasteiger partial charge in [0.05, 0.1) is 24.3 Å². The number of carbonyl (C=O) groups excluding carboxylic acids is 1. The van der Waals surface area contributed by atoms with E-state index in [2.05, 4.69) is 29.1 Å². The van der Waals surface area contributed by atoms with Gasteiger partial charge in [-0.1, -0.05) is 13.8 Å². The number of nitrogens with one attached hydrogen (secondary N) is 2. The number of fused-ring (bicyclic) bond motifs is 3. The number of aromatic amines is 1. The lowest BCUT2D eigenvalue weighted by Gasteiger charge is -2.53. The van der Waals surface area contributed by atoms with E-state index in [-0.39, 0.29) is 17.5 Å². The van der Waals surface area contributed by atoms with Gasteiger partial charge in [-0.2, -0.15) is 0 Å². The van der Waals surface area contributed by atoms with Gasteiger partial charge in [-0.05, 0) is 50.3 Å². The Morgan fingerprint density at radius 3 is 2.79 bits per heavy atom. The van der Waals surface area contributed by atoms with Crippen LogP contribution in [0.15, 0.2) is 30.5 Å². The van der Waals surface area contributed by atoms with Crippen molar-refractivity contribution >= 4 is 39.4 Å². The number of ether oxygens (including phenoxy) is 3. The Hall–Kier alpha value is -2.25. The summed E-state index contributed by atoms with van der Waals surface area (Å²) in [6.07, 6.45) is -1.54. The maximum atomic E-state index is 14.2. The predicted octanol–water partition coefficient (Wildman–Crippen LogP) is 2.06. The summed E-state index contributed by atoms with van der Waals surface area (Å²) in [4.78, 5) is 21.8. The lowest BCUT2D eigenvalue weighted by Crippen LogP contribution is -2.70. The molecule has 2 saturated heterocycles. The monoisotopic (exact) mass is 544 g/mol. The van der Waals surface area contributed by atoms with Crippen LogP contribution in [0.25, 0.3) is 21.8 Å². The van der Waals surface area contributed by atoms with Crippen LogP contribution in [0, 0.1) is 0 Å². The van der Waals surface area contributed by atoms with Crippen LogP contribution in [0.5, 0.6) is 5.75 Å². The zero-order valence-corrected chi connectivity index (χ0v) is 22.7. The summed E-state index contributed by atoms with van der Waals surface area (Å²) in [6, 6.07) is 7.15. The van der Waals surface area contributed by atoms with E-state index in [0.29, 0.717) is 30.0 Å². The molecule has 0 radical (unpaired) electrons. The molecular weight excluding hydrogens is 510 g/mol. The maximum Gasteiger partial charge on any atom is 0.204 e. The van der Waals surface area contributed by atoms with E-state index >= 15 is 0 Å². The van der Waals surface area contributed by atoms with Crippen LogP contribution < -0.4 is 10.4 Å². The summed E-state index contributed by atoms with van der Waals surface area (Å²) in [5.41, 5.74) is 1.32. The van der Waals surface area contributed by atoms with Crippen LogP contribution in [0.3, 0.4) is 0 Å². The number of hydrogen-bond acceptors (Lipinski definition) is 10. The number of aliphatic hydroxyl groups excluding tert-OH is 1. The average molecular weight is 545 g/mol. The van der Waals surface area contributed by atoms with Gasteiger partial charge in [-0.25, -0.2) is 0 Å². The van der Waals surface area contributed by atoms with E-state index < -0.39 is 41.4 Å². The zero-order chi connectivity index (χ0) is 27.2. The fourth-order valence-electron chi connectivity index (χ4n) is 5.63. The number of hydrogen-bond donors (Lipinski definition) is 4. The fraction of sp³-hybridized carbons (Fsp3) is 0.556. The Balaban J connectivity index is 1.45. The molecule has 0 saturated carbocycles. The van der Waals surface area contributed by atoms with Crippen LogP contribution in [0.2, 0.25) is 0 Å².